The molecule has 0 unspecified atom stereocenters. The van der Waals surface area contributed by atoms with Crippen LogP contribution in [0.5, 0.6) is 17.2 Å². The summed E-state index contributed by atoms with van der Waals surface area (Å²) in [7, 11) is 1.69. The first kappa shape index (κ1) is 19.5. The Morgan fingerprint density at radius 3 is 2.52 bits per heavy atom. The third kappa shape index (κ3) is 3.72. The minimum absolute atomic E-state index is 0.0927. The van der Waals surface area contributed by atoms with Crippen molar-refractivity contribution in [3.63, 3.8) is 0 Å². The van der Waals surface area contributed by atoms with Crippen LogP contribution in [0.2, 0.25) is 0 Å². The summed E-state index contributed by atoms with van der Waals surface area (Å²) in [4.78, 5) is 0. The first-order valence-corrected chi connectivity index (χ1v) is 10.8. The third-order valence-corrected chi connectivity index (χ3v) is 5.74. The van der Waals surface area contributed by atoms with E-state index in [0.29, 0.717) is 6.61 Å². The summed E-state index contributed by atoms with van der Waals surface area (Å²) in [5.41, 5.74) is 4.36. The Balaban J connectivity index is 1.52. The summed E-state index contributed by atoms with van der Waals surface area (Å²) in [5, 5.41) is 7.11. The van der Waals surface area contributed by atoms with Gasteiger partial charge in [0.05, 0.1) is 25.5 Å². The normalized spacial score (nSPS) is 19.2. The first-order valence-electron chi connectivity index (χ1n) is 10.8. The van der Waals surface area contributed by atoms with Gasteiger partial charge in [-0.3, -0.25) is 0 Å². The zero-order valence-corrected chi connectivity index (χ0v) is 17.8. The van der Waals surface area contributed by atoms with Crippen LogP contribution in [0.4, 0.5) is 0 Å². The van der Waals surface area contributed by atoms with E-state index in [2.05, 4.69) is 54.4 Å². The molecule has 5 heteroatoms. The second kappa shape index (κ2) is 8.34. The third-order valence-electron chi connectivity index (χ3n) is 5.74. The van der Waals surface area contributed by atoms with Gasteiger partial charge in [-0.15, -0.1) is 0 Å². The van der Waals surface area contributed by atoms with Crippen LogP contribution in [-0.2, 0) is 0 Å². The van der Waals surface area contributed by atoms with Gasteiger partial charge >= 0.3 is 0 Å². The fourth-order valence-electron chi connectivity index (χ4n) is 4.17. The molecule has 2 aliphatic heterocycles. The van der Waals surface area contributed by atoms with Crippen molar-refractivity contribution in [2.24, 2.45) is 5.10 Å². The van der Waals surface area contributed by atoms with Crippen LogP contribution in [0.1, 0.15) is 48.7 Å². The second-order valence-electron chi connectivity index (χ2n) is 7.80. The second-order valence-corrected chi connectivity index (χ2v) is 7.80. The van der Waals surface area contributed by atoms with E-state index in [1.165, 1.54) is 0 Å². The smallest absolute Gasteiger partial charge is 0.213 e. The van der Waals surface area contributed by atoms with E-state index < -0.39 is 0 Å². The summed E-state index contributed by atoms with van der Waals surface area (Å²) in [6.07, 6.45) is 1.51. The molecule has 3 aromatic rings. The van der Waals surface area contributed by atoms with Gasteiger partial charge in [-0.2, -0.15) is 5.10 Å². The largest absolute Gasteiger partial charge is 0.497 e. The lowest BCUT2D eigenvalue weighted by molar-refractivity contribution is -0.0191. The van der Waals surface area contributed by atoms with E-state index in [1.54, 1.807) is 7.11 Å². The Kier molecular flexibility index (Phi) is 5.24. The average Bonchev–Trinajstić information content (AvgIpc) is 3.29. The summed E-state index contributed by atoms with van der Waals surface area (Å²) < 4.78 is 17.7. The van der Waals surface area contributed by atoms with Crippen molar-refractivity contribution in [1.29, 1.82) is 0 Å². The number of rotatable bonds is 6. The van der Waals surface area contributed by atoms with Gasteiger partial charge in [0.15, 0.2) is 0 Å². The van der Waals surface area contributed by atoms with Crippen molar-refractivity contribution < 1.29 is 14.2 Å². The topological polar surface area (TPSA) is 43.3 Å². The molecule has 0 fully saturated rings. The van der Waals surface area contributed by atoms with Crippen LogP contribution >= 0.6 is 0 Å². The van der Waals surface area contributed by atoms with Crippen LogP contribution in [0, 0.1) is 0 Å². The molecule has 5 rings (SSSR count). The number of hydrogen-bond donors (Lipinski definition) is 0. The molecular formula is C26H26N2O3. The van der Waals surface area contributed by atoms with Crippen LogP contribution < -0.4 is 14.2 Å². The Hall–Kier alpha value is -3.47. The Morgan fingerprint density at radius 2 is 1.77 bits per heavy atom. The highest BCUT2D eigenvalue weighted by molar-refractivity contribution is 6.01. The molecule has 0 aliphatic carbocycles. The zero-order valence-electron chi connectivity index (χ0n) is 17.8. The Bertz CT molecular complexity index is 1080. The van der Waals surface area contributed by atoms with E-state index in [1.807, 2.05) is 30.3 Å². The Labute approximate surface area is 182 Å². The molecule has 0 N–H and O–H groups in total. The van der Waals surface area contributed by atoms with E-state index in [9.17, 15) is 0 Å². The van der Waals surface area contributed by atoms with Gasteiger partial charge in [0.25, 0.3) is 0 Å². The maximum Gasteiger partial charge on any atom is 0.213 e. The molecule has 0 saturated carbocycles. The predicted octanol–water partition coefficient (Wildman–Crippen LogP) is 5.73. The van der Waals surface area contributed by atoms with Crippen molar-refractivity contribution in [3.05, 3.63) is 89.5 Å². The number of nitrogens with zero attached hydrogens (tertiary/aromatic N) is 2. The number of methoxy groups -OCH3 is 1. The van der Waals surface area contributed by atoms with Crippen LogP contribution in [0.25, 0.3) is 0 Å². The van der Waals surface area contributed by atoms with Crippen LogP contribution in [0.15, 0.2) is 77.9 Å². The van der Waals surface area contributed by atoms with Crippen LogP contribution in [-0.4, -0.2) is 24.4 Å². The molecule has 2 heterocycles. The molecule has 0 bridgehead atoms. The molecule has 158 valence electrons. The molecule has 31 heavy (non-hydrogen) atoms. The van der Waals surface area contributed by atoms with Gasteiger partial charge in [-0.25, -0.2) is 5.01 Å². The highest BCUT2D eigenvalue weighted by Gasteiger charge is 2.41. The average molecular weight is 415 g/mol. The van der Waals surface area contributed by atoms with E-state index in [-0.39, 0.29) is 12.3 Å². The van der Waals surface area contributed by atoms with Crippen molar-refractivity contribution >= 4 is 5.71 Å². The summed E-state index contributed by atoms with van der Waals surface area (Å²) in [5.74, 6) is 2.58. The monoisotopic (exact) mass is 414 g/mol. The van der Waals surface area contributed by atoms with Gasteiger partial charge in [0, 0.05) is 17.5 Å². The molecule has 0 spiro atoms. The lowest BCUT2D eigenvalue weighted by atomic mass is 9.95. The predicted molar refractivity (Wildman–Crippen MR) is 121 cm³/mol. The minimum Gasteiger partial charge on any atom is -0.497 e. The van der Waals surface area contributed by atoms with Gasteiger partial charge in [0.2, 0.25) is 6.23 Å². The molecule has 2 atom stereocenters. The van der Waals surface area contributed by atoms with E-state index >= 15 is 0 Å². The molecule has 0 aromatic heterocycles. The van der Waals surface area contributed by atoms with Crippen molar-refractivity contribution in [3.8, 4) is 17.2 Å². The summed E-state index contributed by atoms with van der Waals surface area (Å²) in [6, 6.07) is 24.6. The quantitative estimate of drug-likeness (QED) is 0.517. The minimum atomic E-state index is -0.299. The molecular weight excluding hydrogens is 388 g/mol. The number of hydrazone groups is 1. The molecule has 5 nitrogen and oxygen atoms in total. The van der Waals surface area contributed by atoms with Gasteiger partial charge in [-0.1, -0.05) is 37.3 Å². The van der Waals surface area contributed by atoms with Gasteiger partial charge < -0.3 is 14.2 Å². The highest BCUT2D eigenvalue weighted by atomic mass is 16.5. The van der Waals surface area contributed by atoms with Crippen LogP contribution in [0.3, 0.4) is 0 Å². The summed E-state index contributed by atoms with van der Waals surface area (Å²) >= 11 is 0. The maximum absolute atomic E-state index is 6.46. The number of hydrogen-bond acceptors (Lipinski definition) is 5. The molecule has 0 amide bonds. The van der Waals surface area contributed by atoms with Crippen molar-refractivity contribution in [2.45, 2.75) is 32.0 Å². The fourth-order valence-corrected chi connectivity index (χ4v) is 4.17. The number of fused-ring (bicyclic) bond motifs is 3. The molecule has 0 radical (unpaired) electrons. The lowest BCUT2D eigenvalue weighted by Crippen LogP contribution is -2.33. The fraction of sp³-hybridized carbons (Fsp3) is 0.269. The van der Waals surface area contributed by atoms with E-state index in [4.69, 9.17) is 19.3 Å². The molecule has 3 aromatic carbocycles. The number of benzene rings is 3. The van der Waals surface area contributed by atoms with Gasteiger partial charge in [-0.05, 0) is 54.4 Å². The standard InChI is InChI=1S/C26H26N2O3/c1-3-15-30-20-11-9-19(10-12-20)26-28-24(17-23(27-28)18-7-5-4-6-8-18)22-16-21(29-2)13-14-25(22)31-26/h4-14,16,24,26H,3,15,17H2,1-2H3/t24-,26+/m1/s1. The van der Waals surface area contributed by atoms with Crippen molar-refractivity contribution in [1.82, 2.24) is 5.01 Å². The van der Waals surface area contributed by atoms with Gasteiger partial charge in [0.1, 0.15) is 17.2 Å². The van der Waals surface area contributed by atoms with E-state index in [0.717, 1.165) is 52.5 Å². The molecule has 0 saturated heterocycles. The van der Waals surface area contributed by atoms with Crippen molar-refractivity contribution in [2.75, 3.05) is 13.7 Å². The maximum atomic E-state index is 6.46. The SMILES string of the molecule is CCCOc1ccc([C@@H]2Oc3ccc(OC)cc3[C@H]3CC(c4ccccc4)=NN32)cc1. The molecule has 2 aliphatic rings. The lowest BCUT2D eigenvalue weighted by Gasteiger charge is -2.38. The summed E-state index contributed by atoms with van der Waals surface area (Å²) in [6.45, 7) is 2.82. The zero-order chi connectivity index (χ0) is 21.2. The Morgan fingerprint density at radius 1 is 1.00 bits per heavy atom. The number of ether oxygens (including phenoxy) is 3. The first-order chi connectivity index (χ1) is 15.3. The highest BCUT2D eigenvalue weighted by Crippen LogP contribution is 2.48.